The Morgan fingerprint density at radius 3 is 2.23 bits per heavy atom. The highest BCUT2D eigenvalue weighted by Gasteiger charge is 2.06. The Hall–Kier alpha value is -2.37. The van der Waals surface area contributed by atoms with Crippen LogP contribution in [0, 0.1) is 0 Å². The van der Waals surface area contributed by atoms with E-state index in [0.717, 1.165) is 17.5 Å². The third kappa shape index (κ3) is 7.42. The van der Waals surface area contributed by atoms with Gasteiger partial charge in [0.1, 0.15) is 0 Å². The van der Waals surface area contributed by atoms with Crippen LogP contribution in [0.1, 0.15) is 30.9 Å². The monoisotopic (exact) mass is 306 g/mol. The smallest absolute Gasteiger partial charge is 0.306 e. The molecule has 0 atom stereocenters. The van der Waals surface area contributed by atoms with E-state index in [1.165, 1.54) is 14.0 Å². The molecule has 1 rings (SSSR count). The first-order valence-electron chi connectivity index (χ1n) is 7.17. The summed E-state index contributed by atoms with van der Waals surface area (Å²) in [7, 11) is 1.30. The lowest BCUT2D eigenvalue weighted by Crippen LogP contribution is -2.23. The van der Waals surface area contributed by atoms with E-state index in [2.05, 4.69) is 15.4 Å². The van der Waals surface area contributed by atoms with Gasteiger partial charge in [0.15, 0.2) is 0 Å². The fraction of sp³-hybridized carbons (Fsp3) is 0.438. The second kappa shape index (κ2) is 9.55. The van der Waals surface area contributed by atoms with Crippen LogP contribution < -0.4 is 10.6 Å². The average molecular weight is 306 g/mol. The summed E-state index contributed by atoms with van der Waals surface area (Å²) >= 11 is 0. The summed E-state index contributed by atoms with van der Waals surface area (Å²) in [6.45, 7) is 2.52. The second-order valence-corrected chi connectivity index (χ2v) is 4.90. The minimum atomic E-state index is -0.390. The molecule has 0 bridgehead atoms. The Bertz CT molecular complexity index is 511. The van der Waals surface area contributed by atoms with Gasteiger partial charge in [-0.1, -0.05) is 24.3 Å². The SMILES string of the molecule is COC(=O)CCC(=O)NCc1ccc(CCNC(C)=O)cc1. The van der Waals surface area contributed by atoms with E-state index in [1.807, 2.05) is 24.3 Å². The van der Waals surface area contributed by atoms with Gasteiger partial charge in [-0.2, -0.15) is 0 Å². The number of esters is 1. The van der Waals surface area contributed by atoms with Crippen molar-refractivity contribution in [3.8, 4) is 0 Å². The van der Waals surface area contributed by atoms with Crippen LogP contribution in [-0.2, 0) is 32.1 Å². The molecule has 0 radical (unpaired) electrons. The van der Waals surface area contributed by atoms with Crippen molar-refractivity contribution in [2.75, 3.05) is 13.7 Å². The molecule has 0 saturated carbocycles. The zero-order valence-electron chi connectivity index (χ0n) is 13.0. The highest BCUT2D eigenvalue weighted by Crippen LogP contribution is 2.05. The van der Waals surface area contributed by atoms with Crippen LogP contribution in [0.5, 0.6) is 0 Å². The molecule has 0 aliphatic rings. The molecule has 0 aliphatic heterocycles. The number of ether oxygens (including phenoxy) is 1. The molecule has 0 heterocycles. The topological polar surface area (TPSA) is 84.5 Å². The molecule has 2 N–H and O–H groups in total. The molecule has 6 nitrogen and oxygen atoms in total. The molecular formula is C16H22N2O4. The van der Waals surface area contributed by atoms with Crippen LogP contribution in [0.25, 0.3) is 0 Å². The van der Waals surface area contributed by atoms with Crippen LogP contribution >= 0.6 is 0 Å². The number of hydrogen-bond donors (Lipinski definition) is 2. The van der Waals surface area contributed by atoms with E-state index in [9.17, 15) is 14.4 Å². The molecule has 0 fully saturated rings. The standard InChI is InChI=1S/C16H22N2O4/c1-12(19)17-10-9-13-3-5-14(6-4-13)11-18-15(20)7-8-16(21)22-2/h3-6H,7-11H2,1-2H3,(H,17,19)(H,18,20). The van der Waals surface area contributed by atoms with Crippen molar-refractivity contribution in [2.45, 2.75) is 32.7 Å². The van der Waals surface area contributed by atoms with Gasteiger partial charge in [0, 0.05) is 26.4 Å². The molecule has 6 heteroatoms. The number of benzene rings is 1. The summed E-state index contributed by atoms with van der Waals surface area (Å²) in [5.41, 5.74) is 2.10. The number of rotatable bonds is 8. The van der Waals surface area contributed by atoms with Crippen molar-refractivity contribution < 1.29 is 19.1 Å². The van der Waals surface area contributed by atoms with Crippen molar-refractivity contribution in [3.63, 3.8) is 0 Å². The summed E-state index contributed by atoms with van der Waals surface area (Å²) in [4.78, 5) is 33.2. The number of amides is 2. The first kappa shape index (κ1) is 17.7. The van der Waals surface area contributed by atoms with Gasteiger partial charge in [0.2, 0.25) is 11.8 Å². The van der Waals surface area contributed by atoms with Crippen molar-refractivity contribution in [3.05, 3.63) is 35.4 Å². The van der Waals surface area contributed by atoms with Gasteiger partial charge in [0.25, 0.3) is 0 Å². The number of hydrogen-bond acceptors (Lipinski definition) is 4. The normalized spacial score (nSPS) is 9.91. The first-order valence-corrected chi connectivity index (χ1v) is 7.17. The minimum absolute atomic E-state index is 0.0358. The van der Waals surface area contributed by atoms with Gasteiger partial charge < -0.3 is 15.4 Å². The first-order chi connectivity index (χ1) is 10.5. The molecule has 1 aromatic rings. The van der Waals surface area contributed by atoms with E-state index in [4.69, 9.17) is 0 Å². The van der Waals surface area contributed by atoms with E-state index in [0.29, 0.717) is 13.1 Å². The van der Waals surface area contributed by atoms with Crippen molar-refractivity contribution in [1.82, 2.24) is 10.6 Å². The Labute approximate surface area is 130 Å². The molecule has 120 valence electrons. The maximum absolute atomic E-state index is 11.5. The maximum Gasteiger partial charge on any atom is 0.306 e. The summed E-state index contributed by atoms with van der Waals surface area (Å²) in [6.07, 6.45) is 0.983. The van der Waals surface area contributed by atoms with Crippen LogP contribution in [0.4, 0.5) is 0 Å². The third-order valence-corrected chi connectivity index (χ3v) is 3.08. The van der Waals surface area contributed by atoms with Gasteiger partial charge in [-0.15, -0.1) is 0 Å². The van der Waals surface area contributed by atoms with E-state index in [-0.39, 0.29) is 24.7 Å². The number of carbonyl (C=O) groups excluding carboxylic acids is 3. The van der Waals surface area contributed by atoms with Gasteiger partial charge in [-0.3, -0.25) is 14.4 Å². The third-order valence-electron chi connectivity index (χ3n) is 3.08. The Morgan fingerprint density at radius 2 is 1.64 bits per heavy atom. The zero-order valence-corrected chi connectivity index (χ0v) is 13.0. The average Bonchev–Trinajstić information content (AvgIpc) is 2.51. The van der Waals surface area contributed by atoms with Gasteiger partial charge in [-0.05, 0) is 17.5 Å². The number of nitrogens with one attached hydrogen (secondary N) is 2. The molecule has 0 aromatic heterocycles. The van der Waals surface area contributed by atoms with E-state index in [1.54, 1.807) is 0 Å². The predicted octanol–water partition coefficient (Wildman–Crippen LogP) is 0.935. The van der Waals surface area contributed by atoms with Crippen molar-refractivity contribution in [1.29, 1.82) is 0 Å². The molecular weight excluding hydrogens is 284 g/mol. The van der Waals surface area contributed by atoms with Crippen LogP contribution in [0.2, 0.25) is 0 Å². The van der Waals surface area contributed by atoms with Gasteiger partial charge >= 0.3 is 5.97 Å². The fourth-order valence-corrected chi connectivity index (χ4v) is 1.81. The maximum atomic E-state index is 11.5. The molecule has 0 spiro atoms. The molecule has 0 saturated heterocycles. The van der Waals surface area contributed by atoms with Crippen LogP contribution in [-0.4, -0.2) is 31.4 Å². The lowest BCUT2D eigenvalue weighted by molar-refractivity contribution is -0.142. The van der Waals surface area contributed by atoms with Gasteiger partial charge in [-0.25, -0.2) is 0 Å². The van der Waals surface area contributed by atoms with Gasteiger partial charge in [0.05, 0.1) is 13.5 Å². The minimum Gasteiger partial charge on any atom is -0.469 e. The lowest BCUT2D eigenvalue weighted by atomic mass is 10.1. The molecule has 1 aromatic carbocycles. The molecule has 2 amide bonds. The van der Waals surface area contributed by atoms with E-state index < -0.39 is 5.97 Å². The van der Waals surface area contributed by atoms with Crippen LogP contribution in [0.3, 0.4) is 0 Å². The summed E-state index contributed by atoms with van der Waals surface area (Å²) in [6, 6.07) is 7.81. The van der Waals surface area contributed by atoms with Crippen molar-refractivity contribution >= 4 is 17.8 Å². The summed E-state index contributed by atoms with van der Waals surface area (Å²) in [5, 5.41) is 5.50. The predicted molar refractivity (Wildman–Crippen MR) is 81.9 cm³/mol. The molecule has 0 unspecified atom stereocenters. The number of carbonyl (C=O) groups is 3. The second-order valence-electron chi connectivity index (χ2n) is 4.90. The summed E-state index contributed by atoms with van der Waals surface area (Å²) < 4.78 is 4.48. The molecule has 0 aliphatic carbocycles. The highest BCUT2D eigenvalue weighted by atomic mass is 16.5. The quantitative estimate of drug-likeness (QED) is 0.700. The van der Waals surface area contributed by atoms with Crippen molar-refractivity contribution in [2.24, 2.45) is 0 Å². The molecule has 22 heavy (non-hydrogen) atoms. The highest BCUT2D eigenvalue weighted by molar-refractivity contribution is 5.81. The zero-order chi connectivity index (χ0) is 16.4. The van der Waals surface area contributed by atoms with E-state index >= 15 is 0 Å². The fourth-order valence-electron chi connectivity index (χ4n) is 1.81. The largest absolute Gasteiger partial charge is 0.469 e. The Balaban J connectivity index is 2.30. The van der Waals surface area contributed by atoms with Crippen LogP contribution in [0.15, 0.2) is 24.3 Å². The number of methoxy groups -OCH3 is 1. The summed E-state index contributed by atoms with van der Waals surface area (Å²) in [5.74, 6) is -0.606. The Morgan fingerprint density at radius 1 is 1.00 bits per heavy atom. The lowest BCUT2D eigenvalue weighted by Gasteiger charge is -2.07. The Kier molecular flexibility index (Phi) is 7.67.